The number of hydrogen-bond acceptors (Lipinski definition) is 8. The Bertz CT molecular complexity index is 1200. The SMILES string of the molecule is Cc1ccc(Nc2nc(N)nc(COC(=O)Cc3coc4cc(C)ccc34)n2)cc1. The molecule has 0 unspecified atom stereocenters. The summed E-state index contributed by atoms with van der Waals surface area (Å²) in [6, 6.07) is 13.6. The first-order valence-electron chi connectivity index (χ1n) is 9.43. The van der Waals surface area contributed by atoms with Crippen LogP contribution in [0.5, 0.6) is 0 Å². The van der Waals surface area contributed by atoms with Crippen LogP contribution in [0.15, 0.2) is 53.1 Å². The Morgan fingerprint density at radius 1 is 1.07 bits per heavy atom. The standard InChI is InChI=1S/C22H21N5O3/c1-13-3-6-16(7-4-13)24-22-26-19(25-21(23)27-22)12-30-20(28)10-15-11-29-18-9-14(2)5-8-17(15)18/h3-9,11H,10,12H2,1-2H3,(H3,23,24,25,26,27). The molecule has 0 fully saturated rings. The van der Waals surface area contributed by atoms with E-state index in [9.17, 15) is 4.79 Å². The Labute approximate surface area is 173 Å². The van der Waals surface area contributed by atoms with Crippen LogP contribution in [-0.2, 0) is 22.6 Å². The number of nitrogen functional groups attached to an aromatic ring is 1. The number of aromatic nitrogens is 3. The van der Waals surface area contributed by atoms with Gasteiger partial charge < -0.3 is 20.2 Å². The van der Waals surface area contributed by atoms with Gasteiger partial charge in [0.05, 0.1) is 12.7 Å². The summed E-state index contributed by atoms with van der Waals surface area (Å²) in [6.07, 6.45) is 1.67. The highest BCUT2D eigenvalue weighted by atomic mass is 16.5. The molecule has 2 aromatic heterocycles. The van der Waals surface area contributed by atoms with Gasteiger partial charge in [0.2, 0.25) is 11.9 Å². The number of carbonyl (C=O) groups is 1. The van der Waals surface area contributed by atoms with Gasteiger partial charge in [-0.2, -0.15) is 15.0 Å². The minimum absolute atomic E-state index is 0.0434. The maximum atomic E-state index is 12.3. The van der Waals surface area contributed by atoms with Crippen LogP contribution in [0.1, 0.15) is 22.5 Å². The molecule has 152 valence electrons. The van der Waals surface area contributed by atoms with E-state index < -0.39 is 5.97 Å². The highest BCUT2D eigenvalue weighted by Gasteiger charge is 2.13. The summed E-state index contributed by atoms with van der Waals surface area (Å²) in [5.74, 6) is 0.180. The molecule has 0 bridgehead atoms. The van der Waals surface area contributed by atoms with E-state index >= 15 is 0 Å². The van der Waals surface area contributed by atoms with Gasteiger partial charge >= 0.3 is 5.97 Å². The van der Waals surface area contributed by atoms with Crippen molar-refractivity contribution in [3.8, 4) is 0 Å². The second-order valence-electron chi connectivity index (χ2n) is 7.02. The van der Waals surface area contributed by atoms with Crippen molar-refractivity contribution in [1.82, 2.24) is 15.0 Å². The highest BCUT2D eigenvalue weighted by molar-refractivity contribution is 5.86. The topological polar surface area (TPSA) is 116 Å². The van der Waals surface area contributed by atoms with Crippen molar-refractivity contribution in [3.05, 3.63) is 71.2 Å². The summed E-state index contributed by atoms with van der Waals surface area (Å²) >= 11 is 0. The normalized spacial score (nSPS) is 10.9. The van der Waals surface area contributed by atoms with Crippen molar-refractivity contribution in [2.75, 3.05) is 11.1 Å². The molecule has 0 amide bonds. The van der Waals surface area contributed by atoms with Crippen LogP contribution in [-0.4, -0.2) is 20.9 Å². The average Bonchev–Trinajstić information content (AvgIpc) is 3.09. The van der Waals surface area contributed by atoms with Crippen LogP contribution in [0.4, 0.5) is 17.6 Å². The molecule has 0 aliphatic carbocycles. The molecular weight excluding hydrogens is 382 g/mol. The summed E-state index contributed by atoms with van der Waals surface area (Å²) in [6.45, 7) is 3.88. The molecule has 8 heteroatoms. The number of esters is 1. The number of ether oxygens (including phenoxy) is 1. The predicted octanol–water partition coefficient (Wildman–Crippen LogP) is 3.85. The smallest absolute Gasteiger partial charge is 0.310 e. The molecule has 2 heterocycles. The number of furan rings is 1. The van der Waals surface area contributed by atoms with Crippen LogP contribution in [0.2, 0.25) is 0 Å². The van der Waals surface area contributed by atoms with Crippen molar-refractivity contribution < 1.29 is 13.9 Å². The van der Waals surface area contributed by atoms with Gasteiger partial charge in [-0.05, 0) is 37.6 Å². The number of benzene rings is 2. The number of aryl methyl sites for hydroxylation is 2. The Morgan fingerprint density at radius 3 is 2.63 bits per heavy atom. The van der Waals surface area contributed by atoms with Crippen molar-refractivity contribution in [1.29, 1.82) is 0 Å². The molecule has 3 N–H and O–H groups in total. The van der Waals surface area contributed by atoms with Gasteiger partial charge in [0.15, 0.2) is 12.4 Å². The molecule has 4 rings (SSSR count). The minimum Gasteiger partial charge on any atom is -0.464 e. The Balaban J connectivity index is 1.40. The van der Waals surface area contributed by atoms with Crippen LogP contribution in [0, 0.1) is 13.8 Å². The number of nitrogens with one attached hydrogen (secondary N) is 1. The van der Waals surface area contributed by atoms with Gasteiger partial charge in [0.25, 0.3) is 0 Å². The molecule has 0 aliphatic rings. The highest BCUT2D eigenvalue weighted by Crippen LogP contribution is 2.23. The van der Waals surface area contributed by atoms with Gasteiger partial charge in [-0.25, -0.2) is 0 Å². The zero-order valence-electron chi connectivity index (χ0n) is 16.7. The minimum atomic E-state index is -0.412. The maximum Gasteiger partial charge on any atom is 0.310 e. The van der Waals surface area contributed by atoms with E-state index in [-0.39, 0.29) is 30.7 Å². The lowest BCUT2D eigenvalue weighted by atomic mass is 10.1. The summed E-state index contributed by atoms with van der Waals surface area (Å²) in [4.78, 5) is 24.7. The third-order valence-electron chi connectivity index (χ3n) is 4.51. The van der Waals surface area contributed by atoms with E-state index in [1.54, 1.807) is 6.26 Å². The van der Waals surface area contributed by atoms with Crippen molar-refractivity contribution in [3.63, 3.8) is 0 Å². The molecule has 2 aromatic carbocycles. The Kier molecular flexibility index (Phi) is 5.30. The van der Waals surface area contributed by atoms with Crippen LogP contribution in [0.25, 0.3) is 11.0 Å². The van der Waals surface area contributed by atoms with Crippen molar-refractivity contribution >= 4 is 34.5 Å². The predicted molar refractivity (Wildman–Crippen MR) is 113 cm³/mol. The van der Waals surface area contributed by atoms with Gasteiger partial charge in [-0.3, -0.25) is 4.79 Å². The summed E-state index contributed by atoms with van der Waals surface area (Å²) in [5.41, 5.74) is 10.3. The fourth-order valence-corrected chi connectivity index (χ4v) is 3.00. The quantitative estimate of drug-likeness (QED) is 0.466. The molecule has 8 nitrogen and oxygen atoms in total. The lowest BCUT2D eigenvalue weighted by Gasteiger charge is -2.08. The number of hydrogen-bond donors (Lipinski definition) is 2. The lowest BCUT2D eigenvalue weighted by molar-refractivity contribution is -0.144. The van der Waals surface area contributed by atoms with E-state index in [0.717, 1.165) is 33.3 Å². The Hall–Kier alpha value is -3.94. The van der Waals surface area contributed by atoms with Crippen LogP contribution < -0.4 is 11.1 Å². The first-order valence-corrected chi connectivity index (χ1v) is 9.43. The van der Waals surface area contributed by atoms with Gasteiger partial charge in [-0.15, -0.1) is 0 Å². The number of anilines is 3. The zero-order valence-corrected chi connectivity index (χ0v) is 16.7. The number of nitrogens with zero attached hydrogens (tertiary/aromatic N) is 3. The van der Waals surface area contributed by atoms with Crippen LogP contribution >= 0.6 is 0 Å². The first kappa shape index (κ1) is 19.4. The van der Waals surface area contributed by atoms with E-state index in [0.29, 0.717) is 0 Å². The van der Waals surface area contributed by atoms with E-state index in [2.05, 4.69) is 20.3 Å². The monoisotopic (exact) mass is 403 g/mol. The second kappa shape index (κ2) is 8.20. The van der Waals surface area contributed by atoms with E-state index in [4.69, 9.17) is 14.9 Å². The molecule has 0 saturated carbocycles. The molecule has 0 aliphatic heterocycles. The molecule has 4 aromatic rings. The molecule has 0 radical (unpaired) electrons. The van der Waals surface area contributed by atoms with Gasteiger partial charge in [0, 0.05) is 16.6 Å². The van der Waals surface area contributed by atoms with Crippen molar-refractivity contribution in [2.24, 2.45) is 0 Å². The molecular formula is C22H21N5O3. The fraction of sp³-hybridized carbons (Fsp3) is 0.182. The Morgan fingerprint density at radius 2 is 1.83 bits per heavy atom. The first-order chi connectivity index (χ1) is 14.5. The number of rotatable bonds is 6. The molecule has 0 atom stereocenters. The van der Waals surface area contributed by atoms with E-state index in [1.807, 2.05) is 56.3 Å². The summed E-state index contributed by atoms with van der Waals surface area (Å²) < 4.78 is 10.9. The van der Waals surface area contributed by atoms with Gasteiger partial charge in [-0.1, -0.05) is 29.8 Å². The third kappa shape index (κ3) is 4.54. The summed E-state index contributed by atoms with van der Waals surface area (Å²) in [5, 5.41) is 3.96. The molecule has 0 spiro atoms. The summed E-state index contributed by atoms with van der Waals surface area (Å²) in [7, 11) is 0. The second-order valence-corrected chi connectivity index (χ2v) is 7.02. The maximum absolute atomic E-state index is 12.3. The fourth-order valence-electron chi connectivity index (χ4n) is 3.00. The average molecular weight is 403 g/mol. The molecule has 30 heavy (non-hydrogen) atoms. The largest absolute Gasteiger partial charge is 0.464 e. The van der Waals surface area contributed by atoms with Crippen LogP contribution in [0.3, 0.4) is 0 Å². The van der Waals surface area contributed by atoms with Crippen molar-refractivity contribution in [2.45, 2.75) is 26.9 Å². The lowest BCUT2D eigenvalue weighted by Crippen LogP contribution is -2.12. The zero-order chi connectivity index (χ0) is 21.1. The number of nitrogens with two attached hydrogens (primary N) is 1. The van der Waals surface area contributed by atoms with Gasteiger partial charge in [0.1, 0.15) is 5.58 Å². The third-order valence-corrected chi connectivity index (χ3v) is 4.51. The van der Waals surface area contributed by atoms with E-state index in [1.165, 1.54) is 0 Å². The number of carbonyl (C=O) groups excluding carboxylic acids is 1. The number of fused-ring (bicyclic) bond motifs is 1. The molecule has 0 saturated heterocycles.